The third-order valence-corrected chi connectivity index (χ3v) is 4.84. The second kappa shape index (κ2) is 10.5. The summed E-state index contributed by atoms with van der Waals surface area (Å²) in [6, 6.07) is 5.06. The number of hydrogen-bond donors (Lipinski definition) is 1. The summed E-state index contributed by atoms with van der Waals surface area (Å²) >= 11 is 0. The fraction of sp³-hybridized carbons (Fsp3) is 0.636. The van der Waals surface area contributed by atoms with Crippen LogP contribution in [0.1, 0.15) is 76.6 Å². The predicted molar refractivity (Wildman–Crippen MR) is 109 cm³/mol. The van der Waals surface area contributed by atoms with Crippen molar-refractivity contribution in [2.24, 2.45) is 0 Å². The Kier molecular flexibility index (Phi) is 8.30. The third kappa shape index (κ3) is 5.71. The van der Waals surface area contributed by atoms with E-state index in [0.717, 1.165) is 25.7 Å². The van der Waals surface area contributed by atoms with Gasteiger partial charge in [-0.05, 0) is 58.7 Å². The Morgan fingerprint density at radius 1 is 1.07 bits per heavy atom. The summed E-state index contributed by atoms with van der Waals surface area (Å²) in [5.74, 6) is -0.174. The van der Waals surface area contributed by atoms with Crippen molar-refractivity contribution in [1.82, 2.24) is 0 Å². The molecule has 0 saturated heterocycles. The fourth-order valence-corrected chi connectivity index (χ4v) is 3.59. The lowest BCUT2D eigenvalue weighted by Gasteiger charge is -2.31. The van der Waals surface area contributed by atoms with Gasteiger partial charge in [0.2, 0.25) is 0 Å². The molecular formula is C22H33NO5. The molecule has 1 saturated carbocycles. The quantitative estimate of drug-likeness (QED) is 0.513. The van der Waals surface area contributed by atoms with E-state index in [4.69, 9.17) is 14.2 Å². The summed E-state index contributed by atoms with van der Waals surface area (Å²) in [7, 11) is 0. The maximum Gasteiger partial charge on any atom is 0.341 e. The van der Waals surface area contributed by atoms with Crippen LogP contribution in [0.2, 0.25) is 0 Å². The van der Waals surface area contributed by atoms with Crippen LogP contribution in [0, 0.1) is 0 Å². The second-order valence-electron chi connectivity index (χ2n) is 7.39. The molecule has 0 unspecified atom stereocenters. The Morgan fingerprint density at radius 3 is 2.32 bits per heavy atom. The van der Waals surface area contributed by atoms with Crippen LogP contribution in [0.15, 0.2) is 18.2 Å². The van der Waals surface area contributed by atoms with Crippen molar-refractivity contribution in [3.05, 3.63) is 23.8 Å². The molecule has 1 aromatic rings. The van der Waals surface area contributed by atoms with Gasteiger partial charge in [0.05, 0.1) is 12.7 Å². The minimum Gasteiger partial charge on any atom is -0.490 e. The van der Waals surface area contributed by atoms with Crippen molar-refractivity contribution < 1.29 is 23.8 Å². The summed E-state index contributed by atoms with van der Waals surface area (Å²) < 4.78 is 16.8. The molecule has 6 nitrogen and oxygen atoms in total. The minimum absolute atomic E-state index is 0.0826. The monoisotopic (exact) mass is 391 g/mol. The number of carbonyl (C=O) groups excluding carboxylic acids is 2. The summed E-state index contributed by atoms with van der Waals surface area (Å²) in [5.41, 5.74) is 0.0368. The SMILES string of the molecule is CCOC(=O)c1cc(NC(=O)C2(OCC)CCCCCC2)ccc1OC(C)C. The zero-order valence-corrected chi connectivity index (χ0v) is 17.5. The molecule has 28 heavy (non-hydrogen) atoms. The number of nitrogens with one attached hydrogen (secondary N) is 1. The number of hydrogen-bond acceptors (Lipinski definition) is 5. The zero-order chi connectivity index (χ0) is 20.6. The molecule has 2 rings (SSSR count). The van der Waals surface area contributed by atoms with E-state index in [1.807, 2.05) is 20.8 Å². The first-order valence-electron chi connectivity index (χ1n) is 10.3. The van der Waals surface area contributed by atoms with E-state index in [1.54, 1.807) is 25.1 Å². The highest BCUT2D eigenvalue weighted by atomic mass is 16.5. The Bertz CT molecular complexity index is 663. The predicted octanol–water partition coefficient (Wildman–Crippen LogP) is 4.72. The number of carbonyl (C=O) groups is 2. The number of esters is 1. The van der Waals surface area contributed by atoms with Crippen LogP contribution in [0.5, 0.6) is 5.75 Å². The maximum absolute atomic E-state index is 13.1. The highest BCUT2D eigenvalue weighted by molar-refractivity contribution is 5.99. The van der Waals surface area contributed by atoms with E-state index in [1.165, 1.54) is 0 Å². The molecule has 0 bridgehead atoms. The normalized spacial score (nSPS) is 16.3. The second-order valence-corrected chi connectivity index (χ2v) is 7.39. The number of anilines is 1. The zero-order valence-electron chi connectivity index (χ0n) is 17.5. The van der Waals surface area contributed by atoms with E-state index >= 15 is 0 Å². The van der Waals surface area contributed by atoms with Crippen LogP contribution in [-0.4, -0.2) is 36.8 Å². The van der Waals surface area contributed by atoms with Gasteiger partial charge in [-0.1, -0.05) is 25.7 Å². The maximum atomic E-state index is 13.1. The molecule has 1 N–H and O–H groups in total. The average Bonchev–Trinajstić information content (AvgIpc) is 2.89. The van der Waals surface area contributed by atoms with Crippen molar-refractivity contribution in [2.45, 2.75) is 77.9 Å². The van der Waals surface area contributed by atoms with Gasteiger partial charge < -0.3 is 19.5 Å². The Hall–Kier alpha value is -2.08. The van der Waals surface area contributed by atoms with Crippen LogP contribution in [0.4, 0.5) is 5.69 Å². The average molecular weight is 392 g/mol. The van der Waals surface area contributed by atoms with E-state index in [0.29, 0.717) is 36.4 Å². The van der Waals surface area contributed by atoms with Crippen LogP contribution in [-0.2, 0) is 14.3 Å². The topological polar surface area (TPSA) is 73.9 Å². The molecular weight excluding hydrogens is 358 g/mol. The van der Waals surface area contributed by atoms with Gasteiger partial charge in [0, 0.05) is 12.3 Å². The summed E-state index contributed by atoms with van der Waals surface area (Å²) in [5, 5.41) is 2.96. The van der Waals surface area contributed by atoms with Crippen molar-refractivity contribution >= 4 is 17.6 Å². The van der Waals surface area contributed by atoms with Gasteiger partial charge >= 0.3 is 5.97 Å². The van der Waals surface area contributed by atoms with E-state index in [2.05, 4.69) is 5.32 Å². The lowest BCUT2D eigenvalue weighted by molar-refractivity contribution is -0.143. The van der Waals surface area contributed by atoms with Gasteiger partial charge in [0.1, 0.15) is 16.9 Å². The van der Waals surface area contributed by atoms with Gasteiger partial charge in [-0.15, -0.1) is 0 Å². The molecule has 1 amide bonds. The lowest BCUT2D eigenvalue weighted by Crippen LogP contribution is -2.45. The summed E-state index contributed by atoms with van der Waals surface area (Å²) in [6.07, 6.45) is 5.54. The number of amides is 1. The first-order chi connectivity index (χ1) is 13.4. The molecule has 156 valence electrons. The molecule has 0 aromatic heterocycles. The first kappa shape index (κ1) is 22.2. The summed E-state index contributed by atoms with van der Waals surface area (Å²) in [4.78, 5) is 25.5. The van der Waals surface area contributed by atoms with Crippen LogP contribution in [0.25, 0.3) is 0 Å². The molecule has 0 aliphatic heterocycles. The van der Waals surface area contributed by atoms with Crippen LogP contribution >= 0.6 is 0 Å². The van der Waals surface area contributed by atoms with Gasteiger partial charge in [-0.3, -0.25) is 4.79 Å². The molecule has 1 aromatic carbocycles. The molecule has 1 fully saturated rings. The molecule has 6 heteroatoms. The highest BCUT2D eigenvalue weighted by Gasteiger charge is 2.39. The van der Waals surface area contributed by atoms with Crippen molar-refractivity contribution in [3.8, 4) is 5.75 Å². The van der Waals surface area contributed by atoms with Gasteiger partial charge in [0.25, 0.3) is 5.91 Å². The number of ether oxygens (including phenoxy) is 3. The molecule has 0 radical (unpaired) electrons. The standard InChI is InChI=1S/C22H33NO5/c1-5-26-20(24)18-15-17(11-12-19(18)28-16(3)4)23-21(25)22(27-6-2)13-9-7-8-10-14-22/h11-12,15-16H,5-10,13-14H2,1-4H3,(H,23,25). The molecule has 0 heterocycles. The molecule has 1 aliphatic carbocycles. The molecule has 0 spiro atoms. The summed E-state index contributed by atoms with van der Waals surface area (Å²) in [6.45, 7) is 8.21. The van der Waals surface area contributed by atoms with Crippen LogP contribution in [0.3, 0.4) is 0 Å². The highest BCUT2D eigenvalue weighted by Crippen LogP contribution is 2.33. The Balaban J connectivity index is 2.27. The Morgan fingerprint density at radius 2 is 1.75 bits per heavy atom. The van der Waals surface area contributed by atoms with Gasteiger partial charge in [-0.2, -0.15) is 0 Å². The van der Waals surface area contributed by atoms with Crippen LogP contribution < -0.4 is 10.1 Å². The first-order valence-corrected chi connectivity index (χ1v) is 10.3. The molecule has 0 atom stereocenters. The number of benzene rings is 1. The largest absolute Gasteiger partial charge is 0.490 e. The van der Waals surface area contributed by atoms with Gasteiger partial charge in [0.15, 0.2) is 0 Å². The minimum atomic E-state index is -0.803. The van der Waals surface area contributed by atoms with Gasteiger partial charge in [-0.25, -0.2) is 4.79 Å². The van der Waals surface area contributed by atoms with E-state index < -0.39 is 11.6 Å². The number of rotatable bonds is 8. The third-order valence-electron chi connectivity index (χ3n) is 4.84. The Labute approximate surface area is 167 Å². The van der Waals surface area contributed by atoms with Crippen molar-refractivity contribution in [3.63, 3.8) is 0 Å². The smallest absolute Gasteiger partial charge is 0.341 e. The van der Waals surface area contributed by atoms with E-state index in [-0.39, 0.29) is 18.6 Å². The van der Waals surface area contributed by atoms with Crippen molar-refractivity contribution in [2.75, 3.05) is 18.5 Å². The van der Waals surface area contributed by atoms with Crippen molar-refractivity contribution in [1.29, 1.82) is 0 Å². The fourth-order valence-electron chi connectivity index (χ4n) is 3.59. The molecule has 1 aliphatic rings. The lowest BCUT2D eigenvalue weighted by atomic mass is 9.92. The van der Waals surface area contributed by atoms with E-state index in [9.17, 15) is 9.59 Å².